The summed E-state index contributed by atoms with van der Waals surface area (Å²) in [7, 11) is 0. The highest BCUT2D eigenvalue weighted by Crippen LogP contribution is 2.32. The van der Waals surface area contributed by atoms with Gasteiger partial charge in [-0.1, -0.05) is 17.7 Å². The topological polar surface area (TPSA) is 52.0 Å². The van der Waals surface area contributed by atoms with E-state index in [0.29, 0.717) is 22.2 Å². The van der Waals surface area contributed by atoms with Gasteiger partial charge in [-0.15, -0.1) is 0 Å². The predicted molar refractivity (Wildman–Crippen MR) is 78.3 cm³/mol. The van der Waals surface area contributed by atoms with Crippen molar-refractivity contribution in [3.8, 4) is 11.5 Å². The van der Waals surface area contributed by atoms with Crippen LogP contribution in [0.25, 0.3) is 22.6 Å². The van der Waals surface area contributed by atoms with E-state index in [1.807, 2.05) is 32.0 Å². The average molecular weight is 273 g/mol. The second-order valence-electron chi connectivity index (χ2n) is 4.67. The molecule has 1 aromatic heterocycles. The Morgan fingerprint density at radius 1 is 1.16 bits per heavy atom. The van der Waals surface area contributed by atoms with Gasteiger partial charge in [0.25, 0.3) is 0 Å². The summed E-state index contributed by atoms with van der Waals surface area (Å²) < 4.78 is 5.75. The molecule has 0 amide bonds. The number of aromatic nitrogens is 1. The Hall–Kier alpha value is -2.00. The van der Waals surface area contributed by atoms with E-state index in [1.165, 1.54) is 0 Å². The van der Waals surface area contributed by atoms with E-state index in [1.54, 1.807) is 12.1 Å². The van der Waals surface area contributed by atoms with Gasteiger partial charge in [0.1, 0.15) is 5.52 Å². The zero-order valence-corrected chi connectivity index (χ0v) is 11.5. The molecule has 0 saturated heterocycles. The summed E-state index contributed by atoms with van der Waals surface area (Å²) >= 11 is 5.94. The molecule has 3 aromatic rings. The Morgan fingerprint density at radius 2 is 1.95 bits per heavy atom. The van der Waals surface area contributed by atoms with Gasteiger partial charge in [-0.2, -0.15) is 0 Å². The number of benzene rings is 2. The Balaban J connectivity index is 2.24. The number of anilines is 1. The molecule has 96 valence electrons. The lowest BCUT2D eigenvalue weighted by atomic mass is 10.0. The first-order valence-corrected chi connectivity index (χ1v) is 6.35. The molecule has 0 spiro atoms. The molecule has 2 N–H and O–H groups in total. The predicted octanol–water partition coefficient (Wildman–Crippen LogP) is 4.35. The summed E-state index contributed by atoms with van der Waals surface area (Å²) in [6.45, 7) is 4.00. The fourth-order valence-electron chi connectivity index (χ4n) is 2.17. The number of halogens is 1. The third-order valence-corrected chi connectivity index (χ3v) is 3.35. The van der Waals surface area contributed by atoms with Gasteiger partial charge in [0, 0.05) is 16.8 Å². The van der Waals surface area contributed by atoms with Gasteiger partial charge in [-0.25, -0.2) is 4.98 Å². The largest absolute Gasteiger partial charge is 0.436 e. The van der Waals surface area contributed by atoms with Crippen LogP contribution in [0.2, 0.25) is 5.02 Å². The number of nitrogens with two attached hydrogens (primary N) is 1. The number of oxazole rings is 1. The molecular weight excluding hydrogens is 260 g/mol. The minimum Gasteiger partial charge on any atom is -0.436 e. The van der Waals surface area contributed by atoms with E-state index >= 15 is 0 Å². The minimum absolute atomic E-state index is 0.529. The molecule has 0 aliphatic rings. The number of hydrogen-bond donors (Lipinski definition) is 1. The highest BCUT2D eigenvalue weighted by atomic mass is 35.5. The Kier molecular flexibility index (Phi) is 2.72. The van der Waals surface area contributed by atoms with Crippen LogP contribution in [-0.2, 0) is 0 Å². The highest BCUT2D eigenvalue weighted by molar-refractivity contribution is 6.31. The van der Waals surface area contributed by atoms with Crippen molar-refractivity contribution in [3.05, 3.63) is 46.5 Å². The first-order valence-electron chi connectivity index (χ1n) is 5.98. The molecule has 3 nitrogen and oxygen atoms in total. The SMILES string of the molecule is Cc1cc(C)c(N)c(-c2nc3ccc(Cl)cc3o2)c1. The fourth-order valence-corrected chi connectivity index (χ4v) is 2.33. The number of aryl methyl sites for hydroxylation is 2. The number of fused-ring (bicyclic) bond motifs is 1. The van der Waals surface area contributed by atoms with Crippen molar-refractivity contribution in [3.63, 3.8) is 0 Å². The molecule has 1 heterocycles. The molecule has 3 rings (SSSR count). The van der Waals surface area contributed by atoms with Crippen molar-refractivity contribution in [2.45, 2.75) is 13.8 Å². The van der Waals surface area contributed by atoms with Crippen LogP contribution in [0.3, 0.4) is 0 Å². The summed E-state index contributed by atoms with van der Waals surface area (Å²) in [4.78, 5) is 4.46. The molecule has 0 radical (unpaired) electrons. The molecule has 2 aromatic carbocycles. The van der Waals surface area contributed by atoms with Crippen LogP contribution >= 0.6 is 11.6 Å². The summed E-state index contributed by atoms with van der Waals surface area (Å²) in [6.07, 6.45) is 0. The number of nitrogens with zero attached hydrogens (tertiary/aromatic N) is 1. The Morgan fingerprint density at radius 3 is 2.74 bits per heavy atom. The van der Waals surface area contributed by atoms with E-state index in [-0.39, 0.29) is 0 Å². The smallest absolute Gasteiger partial charge is 0.229 e. The van der Waals surface area contributed by atoms with Gasteiger partial charge in [-0.3, -0.25) is 0 Å². The van der Waals surface area contributed by atoms with Gasteiger partial charge in [0.2, 0.25) is 5.89 Å². The summed E-state index contributed by atoms with van der Waals surface area (Å²) in [5, 5.41) is 0.628. The zero-order chi connectivity index (χ0) is 13.6. The molecule has 0 atom stereocenters. The van der Waals surface area contributed by atoms with Crippen molar-refractivity contribution in [2.24, 2.45) is 0 Å². The van der Waals surface area contributed by atoms with E-state index in [9.17, 15) is 0 Å². The maximum absolute atomic E-state index is 6.11. The van der Waals surface area contributed by atoms with Gasteiger partial charge in [0.15, 0.2) is 5.58 Å². The Labute approximate surface area is 116 Å². The second kappa shape index (κ2) is 4.28. The molecule has 4 heteroatoms. The lowest BCUT2D eigenvalue weighted by Crippen LogP contribution is -1.95. The van der Waals surface area contributed by atoms with E-state index in [4.69, 9.17) is 21.8 Å². The van der Waals surface area contributed by atoms with Crippen molar-refractivity contribution in [2.75, 3.05) is 5.73 Å². The quantitative estimate of drug-likeness (QED) is 0.670. The average Bonchev–Trinajstić information content (AvgIpc) is 2.76. The summed E-state index contributed by atoms with van der Waals surface area (Å²) in [5.41, 5.74) is 11.2. The standard InChI is InChI=1S/C15H13ClN2O/c1-8-5-9(2)14(17)11(6-8)15-18-12-4-3-10(16)7-13(12)19-15/h3-7H,17H2,1-2H3. The maximum atomic E-state index is 6.11. The van der Waals surface area contributed by atoms with Crippen molar-refractivity contribution < 1.29 is 4.42 Å². The molecule has 0 fully saturated rings. The monoisotopic (exact) mass is 272 g/mol. The molecular formula is C15H13ClN2O. The van der Waals surface area contributed by atoms with Crippen LogP contribution < -0.4 is 5.73 Å². The highest BCUT2D eigenvalue weighted by Gasteiger charge is 2.13. The van der Waals surface area contributed by atoms with E-state index < -0.39 is 0 Å². The van der Waals surface area contributed by atoms with Crippen LogP contribution in [0.5, 0.6) is 0 Å². The van der Waals surface area contributed by atoms with Crippen molar-refractivity contribution >= 4 is 28.4 Å². The van der Waals surface area contributed by atoms with E-state index in [0.717, 1.165) is 22.2 Å². The molecule has 0 unspecified atom stereocenters. The summed E-state index contributed by atoms with van der Waals surface area (Å²) in [5.74, 6) is 0.529. The molecule has 0 saturated carbocycles. The first-order chi connectivity index (χ1) is 9.04. The maximum Gasteiger partial charge on any atom is 0.229 e. The number of rotatable bonds is 1. The van der Waals surface area contributed by atoms with Crippen LogP contribution in [0.15, 0.2) is 34.7 Å². The lowest BCUT2D eigenvalue weighted by Gasteiger charge is -2.06. The molecule has 0 aliphatic carbocycles. The molecule has 19 heavy (non-hydrogen) atoms. The third kappa shape index (κ3) is 2.06. The number of nitrogen functional groups attached to an aromatic ring is 1. The fraction of sp³-hybridized carbons (Fsp3) is 0.133. The van der Waals surface area contributed by atoms with Crippen LogP contribution in [0.4, 0.5) is 5.69 Å². The van der Waals surface area contributed by atoms with Crippen LogP contribution in [0.1, 0.15) is 11.1 Å². The van der Waals surface area contributed by atoms with Crippen LogP contribution in [0, 0.1) is 13.8 Å². The third-order valence-electron chi connectivity index (χ3n) is 3.11. The lowest BCUT2D eigenvalue weighted by molar-refractivity contribution is 0.620. The second-order valence-corrected chi connectivity index (χ2v) is 5.11. The van der Waals surface area contributed by atoms with Gasteiger partial charge in [0.05, 0.1) is 5.56 Å². The Bertz CT molecular complexity index is 777. The minimum atomic E-state index is 0.529. The molecule has 0 bridgehead atoms. The number of hydrogen-bond acceptors (Lipinski definition) is 3. The zero-order valence-electron chi connectivity index (χ0n) is 10.7. The summed E-state index contributed by atoms with van der Waals surface area (Å²) in [6, 6.07) is 9.41. The van der Waals surface area contributed by atoms with Gasteiger partial charge < -0.3 is 10.2 Å². The first kappa shape index (κ1) is 12.1. The normalized spacial score (nSPS) is 11.1. The van der Waals surface area contributed by atoms with Gasteiger partial charge >= 0.3 is 0 Å². The van der Waals surface area contributed by atoms with Gasteiger partial charge in [-0.05, 0) is 43.2 Å². The van der Waals surface area contributed by atoms with E-state index in [2.05, 4.69) is 4.98 Å². The van der Waals surface area contributed by atoms with Crippen LogP contribution in [-0.4, -0.2) is 4.98 Å². The van der Waals surface area contributed by atoms with Crippen molar-refractivity contribution in [1.29, 1.82) is 0 Å². The van der Waals surface area contributed by atoms with Crippen molar-refractivity contribution in [1.82, 2.24) is 4.98 Å². The molecule has 0 aliphatic heterocycles.